The van der Waals surface area contributed by atoms with Gasteiger partial charge in [0.15, 0.2) is 0 Å². The highest BCUT2D eigenvalue weighted by Crippen LogP contribution is 2.09. The van der Waals surface area contributed by atoms with E-state index in [9.17, 15) is 9.59 Å². The number of nitrogens with one attached hydrogen (secondary N) is 2. The standard InChI is InChI=1S/C15H24N6O2/c1-12(2)13(22)16-6-7-19-15(23)21-10-8-20(9-11-21)14-17-4-3-5-18-14/h3-5,12H,6-11H2,1-2H3,(H,16,22)(H,19,23). The van der Waals surface area contributed by atoms with E-state index in [1.54, 1.807) is 23.4 Å². The maximum atomic E-state index is 12.1. The van der Waals surface area contributed by atoms with Crippen LogP contribution in [0, 0.1) is 5.92 Å². The average molecular weight is 320 g/mol. The zero-order valence-corrected chi connectivity index (χ0v) is 13.7. The Morgan fingerprint density at radius 3 is 2.30 bits per heavy atom. The Morgan fingerprint density at radius 2 is 1.70 bits per heavy atom. The fourth-order valence-electron chi connectivity index (χ4n) is 2.24. The van der Waals surface area contributed by atoms with E-state index in [0.29, 0.717) is 45.2 Å². The lowest BCUT2D eigenvalue weighted by atomic mass is 10.2. The molecule has 126 valence electrons. The van der Waals surface area contributed by atoms with Crippen LogP contribution in [0.4, 0.5) is 10.7 Å². The first-order chi connectivity index (χ1) is 11.1. The molecule has 8 nitrogen and oxygen atoms in total. The number of rotatable bonds is 5. The van der Waals surface area contributed by atoms with E-state index in [0.717, 1.165) is 0 Å². The number of nitrogens with zero attached hydrogens (tertiary/aromatic N) is 4. The summed E-state index contributed by atoms with van der Waals surface area (Å²) in [6, 6.07) is 1.68. The number of urea groups is 1. The Labute approximate surface area is 136 Å². The summed E-state index contributed by atoms with van der Waals surface area (Å²) in [7, 11) is 0. The van der Waals surface area contributed by atoms with Crippen LogP contribution >= 0.6 is 0 Å². The van der Waals surface area contributed by atoms with E-state index in [4.69, 9.17) is 0 Å². The minimum atomic E-state index is -0.0996. The van der Waals surface area contributed by atoms with Crippen LogP contribution in [-0.4, -0.2) is 66.1 Å². The van der Waals surface area contributed by atoms with E-state index in [2.05, 4.69) is 25.5 Å². The predicted octanol–water partition coefficient (Wildman–Crippen LogP) is 0.0804. The number of piperazine rings is 1. The maximum Gasteiger partial charge on any atom is 0.317 e. The van der Waals surface area contributed by atoms with Crippen molar-refractivity contribution in [2.45, 2.75) is 13.8 Å². The first-order valence-electron chi connectivity index (χ1n) is 7.90. The van der Waals surface area contributed by atoms with E-state index in [1.807, 2.05) is 13.8 Å². The molecule has 3 amide bonds. The zero-order chi connectivity index (χ0) is 16.7. The van der Waals surface area contributed by atoms with E-state index in [1.165, 1.54) is 0 Å². The van der Waals surface area contributed by atoms with Crippen molar-refractivity contribution in [1.82, 2.24) is 25.5 Å². The van der Waals surface area contributed by atoms with Crippen molar-refractivity contribution >= 4 is 17.9 Å². The number of amides is 3. The Kier molecular flexibility index (Phi) is 6.13. The van der Waals surface area contributed by atoms with Gasteiger partial charge in [-0.05, 0) is 6.07 Å². The van der Waals surface area contributed by atoms with Crippen molar-refractivity contribution in [1.29, 1.82) is 0 Å². The van der Waals surface area contributed by atoms with Gasteiger partial charge in [0.2, 0.25) is 11.9 Å². The van der Waals surface area contributed by atoms with Crippen LogP contribution in [0.25, 0.3) is 0 Å². The molecular weight excluding hydrogens is 296 g/mol. The molecule has 0 bridgehead atoms. The number of carbonyl (C=O) groups is 2. The Morgan fingerprint density at radius 1 is 1.09 bits per heavy atom. The highest BCUT2D eigenvalue weighted by molar-refractivity contribution is 5.78. The molecule has 8 heteroatoms. The second-order valence-electron chi connectivity index (χ2n) is 5.70. The van der Waals surface area contributed by atoms with Crippen molar-refractivity contribution in [2.75, 3.05) is 44.2 Å². The smallest absolute Gasteiger partial charge is 0.317 e. The van der Waals surface area contributed by atoms with Crippen LogP contribution in [0.3, 0.4) is 0 Å². The van der Waals surface area contributed by atoms with Crippen LogP contribution in [0.1, 0.15) is 13.8 Å². The molecule has 0 unspecified atom stereocenters. The van der Waals surface area contributed by atoms with Gasteiger partial charge in [-0.3, -0.25) is 4.79 Å². The average Bonchev–Trinajstić information content (AvgIpc) is 2.59. The zero-order valence-electron chi connectivity index (χ0n) is 13.7. The summed E-state index contributed by atoms with van der Waals surface area (Å²) >= 11 is 0. The summed E-state index contributed by atoms with van der Waals surface area (Å²) in [5.41, 5.74) is 0. The molecule has 0 aliphatic carbocycles. The molecule has 1 aliphatic heterocycles. The van der Waals surface area contributed by atoms with Crippen LogP contribution in [0.2, 0.25) is 0 Å². The second-order valence-corrected chi connectivity index (χ2v) is 5.70. The van der Waals surface area contributed by atoms with Crippen LogP contribution in [0.5, 0.6) is 0 Å². The van der Waals surface area contributed by atoms with Gasteiger partial charge in [0.25, 0.3) is 0 Å². The van der Waals surface area contributed by atoms with Gasteiger partial charge in [-0.25, -0.2) is 14.8 Å². The van der Waals surface area contributed by atoms with Gasteiger partial charge >= 0.3 is 6.03 Å². The molecule has 1 aromatic heterocycles. The number of carbonyl (C=O) groups excluding carboxylic acids is 2. The normalized spacial score (nSPS) is 14.7. The fraction of sp³-hybridized carbons (Fsp3) is 0.600. The molecule has 2 heterocycles. The van der Waals surface area contributed by atoms with Crippen molar-refractivity contribution in [3.8, 4) is 0 Å². The van der Waals surface area contributed by atoms with Crippen molar-refractivity contribution < 1.29 is 9.59 Å². The molecule has 2 rings (SSSR count). The number of aromatic nitrogens is 2. The summed E-state index contributed by atoms with van der Waals surface area (Å²) in [5.74, 6) is 0.652. The Hall–Kier alpha value is -2.38. The molecule has 1 saturated heterocycles. The van der Waals surface area contributed by atoms with Gasteiger partial charge in [0, 0.05) is 57.6 Å². The molecule has 0 aromatic carbocycles. The predicted molar refractivity (Wildman–Crippen MR) is 87.1 cm³/mol. The number of hydrogen-bond acceptors (Lipinski definition) is 5. The molecule has 0 saturated carbocycles. The van der Waals surface area contributed by atoms with E-state index < -0.39 is 0 Å². The van der Waals surface area contributed by atoms with Crippen LogP contribution in [0.15, 0.2) is 18.5 Å². The van der Waals surface area contributed by atoms with Gasteiger partial charge in [0.05, 0.1) is 0 Å². The highest BCUT2D eigenvalue weighted by atomic mass is 16.2. The summed E-state index contributed by atoms with van der Waals surface area (Å²) in [6.45, 7) is 7.22. The summed E-state index contributed by atoms with van der Waals surface area (Å²) in [5, 5.41) is 5.60. The third kappa shape index (κ3) is 5.08. The maximum absolute atomic E-state index is 12.1. The first-order valence-corrected chi connectivity index (χ1v) is 7.90. The molecule has 2 N–H and O–H groups in total. The molecule has 1 aliphatic rings. The molecular formula is C15H24N6O2. The third-order valence-corrected chi connectivity index (χ3v) is 3.63. The largest absolute Gasteiger partial charge is 0.354 e. The van der Waals surface area contributed by atoms with Gasteiger partial charge < -0.3 is 20.4 Å². The molecule has 0 atom stereocenters. The summed E-state index contributed by atoms with van der Waals surface area (Å²) in [4.78, 5) is 35.7. The minimum absolute atomic E-state index is 0.00396. The molecule has 1 fully saturated rings. The lowest BCUT2D eigenvalue weighted by molar-refractivity contribution is -0.123. The topological polar surface area (TPSA) is 90.5 Å². The monoisotopic (exact) mass is 320 g/mol. The van der Waals surface area contributed by atoms with Gasteiger partial charge in [-0.15, -0.1) is 0 Å². The molecule has 23 heavy (non-hydrogen) atoms. The number of anilines is 1. The van der Waals surface area contributed by atoms with Crippen LogP contribution < -0.4 is 15.5 Å². The van der Waals surface area contributed by atoms with Crippen molar-refractivity contribution in [2.24, 2.45) is 5.92 Å². The lowest BCUT2D eigenvalue weighted by Crippen LogP contribution is -2.53. The van der Waals surface area contributed by atoms with E-state index >= 15 is 0 Å². The van der Waals surface area contributed by atoms with Crippen molar-refractivity contribution in [3.05, 3.63) is 18.5 Å². The molecule has 0 spiro atoms. The Bertz CT molecular complexity index is 514. The van der Waals surface area contributed by atoms with E-state index in [-0.39, 0.29) is 17.9 Å². The lowest BCUT2D eigenvalue weighted by Gasteiger charge is -2.34. The first kappa shape index (κ1) is 17.0. The van der Waals surface area contributed by atoms with Gasteiger partial charge in [-0.1, -0.05) is 13.8 Å². The summed E-state index contributed by atoms with van der Waals surface area (Å²) in [6.07, 6.45) is 3.43. The highest BCUT2D eigenvalue weighted by Gasteiger charge is 2.22. The SMILES string of the molecule is CC(C)C(=O)NCCNC(=O)N1CCN(c2ncccn2)CC1. The Balaban J connectivity index is 1.67. The molecule has 1 aromatic rings. The second kappa shape index (κ2) is 8.30. The van der Waals surface area contributed by atoms with Crippen LogP contribution in [-0.2, 0) is 4.79 Å². The third-order valence-electron chi connectivity index (χ3n) is 3.63. The number of hydrogen-bond donors (Lipinski definition) is 2. The quantitative estimate of drug-likeness (QED) is 0.750. The van der Waals surface area contributed by atoms with Gasteiger partial charge in [0.1, 0.15) is 0 Å². The van der Waals surface area contributed by atoms with Crippen molar-refractivity contribution in [3.63, 3.8) is 0 Å². The minimum Gasteiger partial charge on any atom is -0.354 e. The summed E-state index contributed by atoms with van der Waals surface area (Å²) < 4.78 is 0. The fourth-order valence-corrected chi connectivity index (χ4v) is 2.24. The van der Waals surface area contributed by atoms with Gasteiger partial charge in [-0.2, -0.15) is 0 Å². The molecule has 0 radical (unpaired) electrons.